The monoisotopic (exact) mass is 523 g/mol. The van der Waals surface area contributed by atoms with Crippen LogP contribution in [-0.4, -0.2) is 10.1 Å². The van der Waals surface area contributed by atoms with Crippen LogP contribution in [0.25, 0.3) is 42.4 Å². The van der Waals surface area contributed by atoms with E-state index in [1.165, 1.54) is 48.0 Å². The van der Waals surface area contributed by atoms with Gasteiger partial charge in [0.15, 0.2) is 0 Å². The first kappa shape index (κ1) is 24.0. The number of rotatable bonds is 1. The van der Waals surface area contributed by atoms with E-state index in [1.54, 1.807) is 11.3 Å². The van der Waals surface area contributed by atoms with E-state index in [1.807, 2.05) is 30.6 Å². The number of benzene rings is 5. The zero-order chi connectivity index (χ0) is 26.4. The number of thiophene rings is 1. The molecular formula is C36H29NOS. The summed E-state index contributed by atoms with van der Waals surface area (Å²) in [7, 11) is 0. The van der Waals surface area contributed by atoms with Gasteiger partial charge in [-0.2, -0.15) is 0 Å². The first-order valence-electron chi connectivity index (χ1n) is 13.5. The van der Waals surface area contributed by atoms with Gasteiger partial charge in [0.25, 0.3) is 0 Å². The molecule has 2 aromatic heterocycles. The minimum absolute atomic E-state index is 0.434. The van der Waals surface area contributed by atoms with Crippen LogP contribution in [-0.2, 0) is 12.0 Å². The number of pyridine rings is 1. The van der Waals surface area contributed by atoms with Crippen LogP contribution in [0.3, 0.4) is 0 Å². The first-order valence-corrected chi connectivity index (χ1v) is 14.4. The summed E-state index contributed by atoms with van der Waals surface area (Å²) < 4.78 is 1.27. The van der Waals surface area contributed by atoms with Crippen molar-refractivity contribution in [2.75, 3.05) is 0 Å². The summed E-state index contributed by atoms with van der Waals surface area (Å²) in [5.41, 5.74) is 2.43. The van der Waals surface area contributed by atoms with Crippen LogP contribution in [0.4, 0.5) is 0 Å². The minimum atomic E-state index is -0.967. The average Bonchev–Trinajstić information content (AvgIpc) is 3.45. The Balaban J connectivity index is 0.000000213. The molecular weight excluding hydrogens is 494 g/mol. The summed E-state index contributed by atoms with van der Waals surface area (Å²) in [6.07, 6.45) is 5.44. The fourth-order valence-corrected chi connectivity index (χ4v) is 7.13. The van der Waals surface area contributed by atoms with Crippen LogP contribution >= 0.6 is 11.3 Å². The quantitative estimate of drug-likeness (QED) is 0.218. The molecule has 39 heavy (non-hydrogen) atoms. The maximum atomic E-state index is 12.2. The van der Waals surface area contributed by atoms with E-state index in [9.17, 15) is 5.11 Å². The molecule has 2 heterocycles. The van der Waals surface area contributed by atoms with Crippen molar-refractivity contribution in [2.24, 2.45) is 5.92 Å². The summed E-state index contributed by atoms with van der Waals surface area (Å²) in [4.78, 5) is 4.01. The molecule has 8 rings (SSSR count). The lowest BCUT2D eigenvalue weighted by molar-refractivity contribution is 0.0472. The molecule has 5 aromatic carbocycles. The summed E-state index contributed by atoms with van der Waals surface area (Å²) in [6, 6.07) is 36.2. The van der Waals surface area contributed by atoms with E-state index < -0.39 is 5.60 Å². The molecule has 1 N–H and O–H groups in total. The highest BCUT2D eigenvalue weighted by Gasteiger charge is 2.40. The molecule has 3 heteroatoms. The second-order valence-electron chi connectivity index (χ2n) is 10.8. The van der Waals surface area contributed by atoms with Crippen molar-refractivity contribution in [1.29, 1.82) is 0 Å². The van der Waals surface area contributed by atoms with Gasteiger partial charge in [0.05, 0.1) is 0 Å². The van der Waals surface area contributed by atoms with Gasteiger partial charge in [-0.25, -0.2) is 0 Å². The predicted octanol–water partition coefficient (Wildman–Crippen LogP) is 9.26. The Morgan fingerprint density at radius 3 is 2.41 bits per heavy atom. The van der Waals surface area contributed by atoms with Gasteiger partial charge in [0.1, 0.15) is 5.60 Å². The number of hydrogen-bond donors (Lipinski definition) is 1. The highest BCUT2D eigenvalue weighted by molar-refractivity contribution is 7.17. The molecule has 7 aromatic rings. The molecule has 0 radical (unpaired) electrons. The van der Waals surface area contributed by atoms with E-state index >= 15 is 0 Å². The van der Waals surface area contributed by atoms with Gasteiger partial charge < -0.3 is 5.11 Å². The van der Waals surface area contributed by atoms with Crippen LogP contribution in [0.1, 0.15) is 30.0 Å². The normalized spacial score (nSPS) is 18.7. The Hall–Kier alpha value is -4.05. The maximum absolute atomic E-state index is 12.2. The Bertz CT molecular complexity index is 1910. The summed E-state index contributed by atoms with van der Waals surface area (Å²) in [5.74, 6) is 0.434. The fraction of sp³-hybridized carbons (Fsp3) is 0.139. The highest BCUT2D eigenvalue weighted by Crippen LogP contribution is 2.47. The molecule has 1 aliphatic carbocycles. The largest absolute Gasteiger partial charge is 0.380 e. The van der Waals surface area contributed by atoms with Gasteiger partial charge in [-0.1, -0.05) is 85.8 Å². The van der Waals surface area contributed by atoms with Crippen molar-refractivity contribution >= 4 is 53.7 Å². The number of nitrogens with zero attached hydrogens (tertiary/aromatic N) is 1. The smallest absolute Gasteiger partial charge is 0.116 e. The Labute approximate surface area is 232 Å². The first-order chi connectivity index (χ1) is 19.1. The Morgan fingerprint density at radius 2 is 1.54 bits per heavy atom. The standard InChI is InChI=1S/C27H22OS.C9H7N/c1-17-14-20-7-9-23-22-5-3-2-4-18(22)6-10-24(23)26(20)27(28,16-17)21-8-11-25-19(15-21)12-13-29-25;1-2-4-9-7-10-6-5-8(9)3-1/h2-13,15,17,28H,14,16H2,1H3;1-7H. The molecule has 0 spiro atoms. The molecule has 0 amide bonds. The number of aliphatic hydroxyl groups is 1. The van der Waals surface area contributed by atoms with Gasteiger partial charge in [0, 0.05) is 17.1 Å². The third-order valence-electron chi connectivity index (χ3n) is 8.12. The van der Waals surface area contributed by atoms with Crippen molar-refractivity contribution in [3.05, 3.63) is 138 Å². The topological polar surface area (TPSA) is 33.1 Å². The van der Waals surface area contributed by atoms with Gasteiger partial charge in [0.2, 0.25) is 0 Å². The van der Waals surface area contributed by atoms with E-state index in [4.69, 9.17) is 0 Å². The lowest BCUT2D eigenvalue weighted by atomic mass is 9.69. The van der Waals surface area contributed by atoms with Crippen molar-refractivity contribution in [3.63, 3.8) is 0 Å². The van der Waals surface area contributed by atoms with Crippen LogP contribution in [0.2, 0.25) is 0 Å². The van der Waals surface area contributed by atoms with Gasteiger partial charge in [-0.15, -0.1) is 11.3 Å². The van der Waals surface area contributed by atoms with Crippen molar-refractivity contribution in [1.82, 2.24) is 4.98 Å². The zero-order valence-electron chi connectivity index (χ0n) is 21.8. The van der Waals surface area contributed by atoms with E-state index in [-0.39, 0.29) is 0 Å². The molecule has 0 saturated heterocycles. The third kappa shape index (κ3) is 4.19. The Morgan fingerprint density at radius 1 is 0.744 bits per heavy atom. The van der Waals surface area contributed by atoms with Crippen LogP contribution < -0.4 is 0 Å². The Kier molecular flexibility index (Phi) is 5.92. The molecule has 0 fully saturated rings. The molecule has 0 bridgehead atoms. The number of hydrogen-bond acceptors (Lipinski definition) is 3. The van der Waals surface area contributed by atoms with Crippen molar-refractivity contribution < 1.29 is 5.11 Å². The fourth-order valence-electron chi connectivity index (χ4n) is 6.36. The van der Waals surface area contributed by atoms with Crippen LogP contribution in [0, 0.1) is 5.92 Å². The third-order valence-corrected chi connectivity index (χ3v) is 9.02. The van der Waals surface area contributed by atoms with Crippen molar-refractivity contribution in [3.8, 4) is 0 Å². The van der Waals surface area contributed by atoms with Crippen LogP contribution in [0.5, 0.6) is 0 Å². The van der Waals surface area contributed by atoms with Crippen molar-refractivity contribution in [2.45, 2.75) is 25.4 Å². The number of fused-ring (bicyclic) bond motifs is 7. The van der Waals surface area contributed by atoms with Gasteiger partial charge in [-0.3, -0.25) is 4.98 Å². The molecule has 0 aliphatic heterocycles. The highest BCUT2D eigenvalue weighted by atomic mass is 32.1. The second-order valence-corrected chi connectivity index (χ2v) is 11.7. The lowest BCUT2D eigenvalue weighted by Crippen LogP contribution is -2.35. The van der Waals surface area contributed by atoms with Gasteiger partial charge >= 0.3 is 0 Å². The molecule has 0 saturated carbocycles. The van der Waals surface area contributed by atoms with Gasteiger partial charge in [-0.05, 0) is 103 Å². The van der Waals surface area contributed by atoms with E-state index in [2.05, 4.69) is 102 Å². The zero-order valence-corrected chi connectivity index (χ0v) is 22.7. The second kappa shape index (κ2) is 9.60. The number of aromatic nitrogens is 1. The SMILES string of the molecule is CC1Cc2ccc3c(ccc4ccccc43)c2C(O)(c2ccc3sccc3c2)C1.c1ccc2cnccc2c1. The lowest BCUT2D eigenvalue weighted by Gasteiger charge is -2.39. The molecule has 2 nitrogen and oxygen atoms in total. The summed E-state index contributed by atoms with van der Waals surface area (Å²) >= 11 is 1.75. The van der Waals surface area contributed by atoms with E-state index in [0.717, 1.165) is 24.0 Å². The molecule has 1 aliphatic rings. The average molecular weight is 524 g/mol. The molecule has 190 valence electrons. The summed E-state index contributed by atoms with van der Waals surface area (Å²) in [5, 5.41) is 22.9. The molecule has 2 atom stereocenters. The summed E-state index contributed by atoms with van der Waals surface area (Å²) in [6.45, 7) is 2.25. The maximum Gasteiger partial charge on any atom is 0.116 e. The predicted molar refractivity (Wildman–Crippen MR) is 166 cm³/mol. The van der Waals surface area contributed by atoms with E-state index in [0.29, 0.717) is 5.92 Å². The van der Waals surface area contributed by atoms with Crippen LogP contribution in [0.15, 0.2) is 121 Å². The molecule has 2 unspecified atom stereocenters. The minimum Gasteiger partial charge on any atom is -0.380 e.